The molecule has 1 rings (SSSR count). The summed E-state index contributed by atoms with van der Waals surface area (Å²) >= 11 is 0. The van der Waals surface area contributed by atoms with Gasteiger partial charge in [0.15, 0.2) is 12.4 Å². The fourth-order valence-electron chi connectivity index (χ4n) is 4.46. The van der Waals surface area contributed by atoms with Crippen molar-refractivity contribution in [3.05, 3.63) is 0 Å². The van der Waals surface area contributed by atoms with E-state index in [0.717, 1.165) is 25.7 Å². The van der Waals surface area contributed by atoms with Crippen LogP contribution in [0.3, 0.4) is 0 Å². The monoisotopic (exact) mass is 562 g/mol. The predicted octanol–water partition coefficient (Wildman–Crippen LogP) is 3.54. The van der Waals surface area contributed by atoms with Crippen LogP contribution in [0.15, 0.2) is 0 Å². The van der Waals surface area contributed by atoms with Crippen LogP contribution in [0.5, 0.6) is 0 Å². The van der Waals surface area contributed by atoms with Gasteiger partial charge in [-0.1, -0.05) is 90.9 Å². The van der Waals surface area contributed by atoms with Gasteiger partial charge in [0.1, 0.15) is 31.0 Å². The Morgan fingerprint density at radius 3 is 1.79 bits per heavy atom. The first-order chi connectivity index (χ1) is 18.8. The molecule has 0 aliphatic carbocycles. The van der Waals surface area contributed by atoms with Gasteiger partial charge in [-0.3, -0.25) is 9.59 Å². The molecule has 1 saturated heterocycles. The molecule has 10 nitrogen and oxygen atoms in total. The molecule has 0 saturated carbocycles. The van der Waals surface area contributed by atoms with Gasteiger partial charge in [0.2, 0.25) is 0 Å². The van der Waals surface area contributed by atoms with Crippen LogP contribution in [0.25, 0.3) is 0 Å². The van der Waals surface area contributed by atoms with Crippen molar-refractivity contribution in [2.24, 2.45) is 0 Å². The summed E-state index contributed by atoms with van der Waals surface area (Å²) in [5.74, 6) is -0.846. The number of esters is 2. The first-order valence-electron chi connectivity index (χ1n) is 15.1. The largest absolute Gasteiger partial charge is 0.462 e. The summed E-state index contributed by atoms with van der Waals surface area (Å²) in [6, 6.07) is 0. The average Bonchev–Trinajstić information content (AvgIpc) is 2.93. The number of ether oxygens (including phenoxy) is 4. The summed E-state index contributed by atoms with van der Waals surface area (Å²) < 4.78 is 21.6. The minimum Gasteiger partial charge on any atom is -0.462 e. The third-order valence-electron chi connectivity index (χ3n) is 6.99. The summed E-state index contributed by atoms with van der Waals surface area (Å²) in [5, 5.41) is 39.4. The summed E-state index contributed by atoms with van der Waals surface area (Å²) in [5.41, 5.74) is 0. The van der Waals surface area contributed by atoms with Gasteiger partial charge in [0, 0.05) is 12.8 Å². The maximum absolute atomic E-state index is 12.5. The van der Waals surface area contributed by atoms with E-state index >= 15 is 0 Å². The lowest BCUT2D eigenvalue weighted by molar-refractivity contribution is -0.305. The smallest absolute Gasteiger partial charge is 0.306 e. The zero-order valence-electron chi connectivity index (χ0n) is 24.1. The quantitative estimate of drug-likeness (QED) is 0.107. The van der Waals surface area contributed by atoms with Gasteiger partial charge in [-0.05, 0) is 12.8 Å². The standard InChI is InChI=1S/C29H54O10/c1-3-5-7-8-9-10-11-12-13-14-15-16-18-25(32)38-22(20-36-24(31)17-6-4-2)21-37-29-28(35)27(34)26(33)23(19-30)39-29/h22-23,26-30,33-35H,3-21H2,1-2H3/t22-,23-,26+,27+,28-,29-/m1/s1. The second kappa shape index (κ2) is 22.4. The second-order valence-electron chi connectivity index (χ2n) is 10.6. The highest BCUT2D eigenvalue weighted by molar-refractivity contribution is 5.70. The maximum atomic E-state index is 12.5. The molecule has 1 aliphatic heterocycles. The van der Waals surface area contributed by atoms with E-state index in [1.807, 2.05) is 6.92 Å². The number of hydrogen-bond donors (Lipinski definition) is 4. The Balaban J connectivity index is 2.39. The Labute approximate surface area is 234 Å². The van der Waals surface area contributed by atoms with Crippen molar-refractivity contribution in [3.63, 3.8) is 0 Å². The lowest BCUT2D eigenvalue weighted by atomic mass is 9.99. The van der Waals surface area contributed by atoms with E-state index in [1.54, 1.807) is 0 Å². The van der Waals surface area contributed by atoms with Crippen LogP contribution in [-0.4, -0.2) is 89.0 Å². The Kier molecular flexibility index (Phi) is 20.5. The van der Waals surface area contributed by atoms with Crippen molar-refractivity contribution in [1.82, 2.24) is 0 Å². The number of carbonyl (C=O) groups is 2. The Hall–Kier alpha value is -1.30. The van der Waals surface area contributed by atoms with E-state index in [-0.39, 0.29) is 26.1 Å². The van der Waals surface area contributed by atoms with Gasteiger partial charge in [-0.25, -0.2) is 0 Å². The molecule has 39 heavy (non-hydrogen) atoms. The van der Waals surface area contributed by atoms with Crippen LogP contribution in [0.2, 0.25) is 0 Å². The molecule has 6 atom stereocenters. The van der Waals surface area contributed by atoms with Crippen LogP contribution in [-0.2, 0) is 28.5 Å². The molecule has 0 spiro atoms. The van der Waals surface area contributed by atoms with Gasteiger partial charge in [0.25, 0.3) is 0 Å². The van der Waals surface area contributed by atoms with Crippen molar-refractivity contribution in [3.8, 4) is 0 Å². The van der Waals surface area contributed by atoms with Gasteiger partial charge in [-0.2, -0.15) is 0 Å². The molecule has 4 N–H and O–H groups in total. The molecule has 0 amide bonds. The van der Waals surface area contributed by atoms with E-state index < -0.39 is 55.4 Å². The zero-order chi connectivity index (χ0) is 28.9. The molecular formula is C29H54O10. The fraction of sp³-hybridized carbons (Fsp3) is 0.931. The molecule has 0 aromatic rings. The number of carbonyl (C=O) groups excluding carboxylic acids is 2. The maximum Gasteiger partial charge on any atom is 0.306 e. The van der Waals surface area contributed by atoms with Gasteiger partial charge < -0.3 is 39.4 Å². The molecule has 0 radical (unpaired) electrons. The predicted molar refractivity (Wildman–Crippen MR) is 146 cm³/mol. The van der Waals surface area contributed by atoms with Crippen LogP contribution >= 0.6 is 0 Å². The highest BCUT2D eigenvalue weighted by atomic mass is 16.7. The molecule has 10 heteroatoms. The van der Waals surface area contributed by atoms with Crippen LogP contribution < -0.4 is 0 Å². The first kappa shape index (κ1) is 35.7. The zero-order valence-corrected chi connectivity index (χ0v) is 24.1. The number of hydrogen-bond acceptors (Lipinski definition) is 10. The third-order valence-corrected chi connectivity index (χ3v) is 6.99. The molecule has 1 aliphatic rings. The van der Waals surface area contributed by atoms with Crippen LogP contribution in [0.4, 0.5) is 0 Å². The number of aliphatic hydroxyl groups excluding tert-OH is 4. The third kappa shape index (κ3) is 15.9. The lowest BCUT2D eigenvalue weighted by Crippen LogP contribution is -2.59. The van der Waals surface area contributed by atoms with E-state index in [0.29, 0.717) is 12.8 Å². The van der Waals surface area contributed by atoms with E-state index in [9.17, 15) is 30.0 Å². The number of unbranched alkanes of at least 4 members (excludes halogenated alkanes) is 12. The topological polar surface area (TPSA) is 152 Å². The number of aliphatic hydroxyl groups is 4. The highest BCUT2D eigenvalue weighted by Crippen LogP contribution is 2.22. The summed E-state index contributed by atoms with van der Waals surface area (Å²) in [4.78, 5) is 24.4. The highest BCUT2D eigenvalue weighted by Gasteiger charge is 2.44. The number of rotatable bonds is 23. The molecule has 0 aromatic carbocycles. The van der Waals surface area contributed by atoms with Crippen molar-refractivity contribution in [1.29, 1.82) is 0 Å². The summed E-state index contributed by atoms with van der Waals surface area (Å²) in [6.07, 6.45) is 8.18. The van der Waals surface area contributed by atoms with Gasteiger partial charge in [-0.15, -0.1) is 0 Å². The summed E-state index contributed by atoms with van der Waals surface area (Å²) in [6.45, 7) is 3.11. The fourth-order valence-corrected chi connectivity index (χ4v) is 4.46. The van der Waals surface area contributed by atoms with Crippen molar-refractivity contribution in [2.75, 3.05) is 19.8 Å². The molecule has 0 bridgehead atoms. The minimum absolute atomic E-state index is 0.218. The minimum atomic E-state index is -1.58. The lowest BCUT2D eigenvalue weighted by Gasteiger charge is -2.39. The van der Waals surface area contributed by atoms with Gasteiger partial charge in [0.05, 0.1) is 13.2 Å². The molecule has 0 aromatic heterocycles. The molecule has 1 fully saturated rings. The van der Waals surface area contributed by atoms with Crippen molar-refractivity contribution >= 4 is 11.9 Å². The molecule has 0 unspecified atom stereocenters. The van der Waals surface area contributed by atoms with Crippen LogP contribution in [0.1, 0.15) is 117 Å². The molecule has 1 heterocycles. The SMILES string of the molecule is CCCCCCCCCCCCCCC(=O)O[C@H](COC(=O)CCCC)CO[C@@H]1O[C@H](CO)[C@H](O)[C@H](O)[C@H]1O. The normalized spacial score (nSPS) is 23.9. The Bertz CT molecular complexity index is 629. The average molecular weight is 563 g/mol. The van der Waals surface area contributed by atoms with Gasteiger partial charge >= 0.3 is 11.9 Å². The van der Waals surface area contributed by atoms with E-state index in [2.05, 4.69) is 6.92 Å². The Morgan fingerprint density at radius 1 is 0.692 bits per heavy atom. The first-order valence-corrected chi connectivity index (χ1v) is 15.1. The Morgan fingerprint density at radius 2 is 1.23 bits per heavy atom. The molecule has 230 valence electrons. The second-order valence-corrected chi connectivity index (χ2v) is 10.6. The summed E-state index contributed by atoms with van der Waals surface area (Å²) in [7, 11) is 0. The molecular weight excluding hydrogens is 508 g/mol. The van der Waals surface area contributed by atoms with E-state index in [1.165, 1.54) is 51.4 Å². The van der Waals surface area contributed by atoms with Crippen LogP contribution in [0, 0.1) is 0 Å². The van der Waals surface area contributed by atoms with Crippen molar-refractivity contribution in [2.45, 2.75) is 153 Å². The van der Waals surface area contributed by atoms with Crippen molar-refractivity contribution < 1.29 is 49.0 Å². The van der Waals surface area contributed by atoms with E-state index in [4.69, 9.17) is 18.9 Å².